The summed E-state index contributed by atoms with van der Waals surface area (Å²) in [6, 6.07) is 3.58. The lowest BCUT2D eigenvalue weighted by Crippen LogP contribution is -2.03. The molecule has 1 aromatic rings. The maximum Gasteiger partial charge on any atom is 0.203 e. The number of benzene rings is 1. The van der Waals surface area contributed by atoms with Crippen LogP contribution >= 0.6 is 0 Å². The van der Waals surface area contributed by atoms with Crippen LogP contribution in [0.1, 0.15) is 31.4 Å². The van der Waals surface area contributed by atoms with Gasteiger partial charge < -0.3 is 19.3 Å². The minimum absolute atomic E-state index is 0.516. The average Bonchev–Trinajstić information content (AvgIpc) is 2.36. The average molecular weight is 240 g/mol. The lowest BCUT2D eigenvalue weighted by molar-refractivity contribution is 0.161. The predicted molar refractivity (Wildman–Crippen MR) is 66.0 cm³/mol. The highest BCUT2D eigenvalue weighted by molar-refractivity contribution is 5.56. The lowest BCUT2D eigenvalue weighted by Gasteiger charge is -2.18. The quantitative estimate of drug-likeness (QED) is 0.830. The number of rotatable bonds is 6. The molecule has 0 aromatic heterocycles. The summed E-state index contributed by atoms with van der Waals surface area (Å²) in [5.74, 6) is 1.65. The zero-order valence-corrected chi connectivity index (χ0v) is 10.8. The van der Waals surface area contributed by atoms with Crippen molar-refractivity contribution in [1.29, 1.82) is 0 Å². The van der Waals surface area contributed by atoms with Gasteiger partial charge in [0.25, 0.3) is 0 Å². The molecule has 4 heteroatoms. The van der Waals surface area contributed by atoms with E-state index in [1.165, 1.54) is 0 Å². The van der Waals surface area contributed by atoms with E-state index in [1.807, 2.05) is 6.92 Å². The number of hydrogen-bond acceptors (Lipinski definition) is 4. The van der Waals surface area contributed by atoms with Crippen molar-refractivity contribution in [3.8, 4) is 17.2 Å². The van der Waals surface area contributed by atoms with Crippen LogP contribution < -0.4 is 14.2 Å². The van der Waals surface area contributed by atoms with Crippen LogP contribution in [-0.2, 0) is 0 Å². The Labute approximate surface area is 102 Å². The van der Waals surface area contributed by atoms with E-state index in [0.717, 1.165) is 12.0 Å². The minimum atomic E-state index is -0.547. The molecule has 0 spiro atoms. The molecule has 0 amide bonds. The fourth-order valence-corrected chi connectivity index (χ4v) is 1.82. The Balaban J connectivity index is 3.22. The second-order valence-corrected chi connectivity index (χ2v) is 3.73. The van der Waals surface area contributed by atoms with Gasteiger partial charge in [-0.15, -0.1) is 0 Å². The topological polar surface area (TPSA) is 47.9 Å². The van der Waals surface area contributed by atoms with Gasteiger partial charge in [-0.2, -0.15) is 0 Å². The standard InChI is InChI=1S/C13H20O4/c1-5-6-10(14)9-7-8-11(15-2)13(17-4)12(9)16-3/h7-8,10,14H,5-6H2,1-4H3/t10-/m1/s1. The molecule has 96 valence electrons. The molecular formula is C13H20O4. The molecule has 0 radical (unpaired) electrons. The van der Waals surface area contributed by atoms with Crippen LogP contribution in [0.25, 0.3) is 0 Å². The van der Waals surface area contributed by atoms with Crippen molar-refractivity contribution in [2.24, 2.45) is 0 Å². The van der Waals surface area contributed by atoms with Crippen molar-refractivity contribution in [3.63, 3.8) is 0 Å². The van der Waals surface area contributed by atoms with Crippen molar-refractivity contribution in [3.05, 3.63) is 17.7 Å². The molecule has 0 saturated heterocycles. The molecular weight excluding hydrogens is 220 g/mol. The van der Waals surface area contributed by atoms with Gasteiger partial charge in [-0.3, -0.25) is 0 Å². The van der Waals surface area contributed by atoms with Crippen LogP contribution in [0.3, 0.4) is 0 Å². The van der Waals surface area contributed by atoms with Gasteiger partial charge in [0, 0.05) is 5.56 Å². The van der Waals surface area contributed by atoms with Gasteiger partial charge in [0.2, 0.25) is 5.75 Å². The first-order chi connectivity index (χ1) is 8.19. The van der Waals surface area contributed by atoms with Crippen molar-refractivity contribution in [2.45, 2.75) is 25.9 Å². The van der Waals surface area contributed by atoms with E-state index in [1.54, 1.807) is 33.5 Å². The molecule has 0 aliphatic rings. The Kier molecular flexibility index (Phi) is 5.10. The number of hydrogen-bond donors (Lipinski definition) is 1. The van der Waals surface area contributed by atoms with Crippen LogP contribution in [-0.4, -0.2) is 26.4 Å². The Morgan fingerprint density at radius 3 is 2.18 bits per heavy atom. The fraction of sp³-hybridized carbons (Fsp3) is 0.538. The maximum atomic E-state index is 10.0. The molecule has 1 atom stereocenters. The largest absolute Gasteiger partial charge is 0.493 e. The highest BCUT2D eigenvalue weighted by atomic mass is 16.5. The fourth-order valence-electron chi connectivity index (χ4n) is 1.82. The molecule has 0 bridgehead atoms. The molecule has 17 heavy (non-hydrogen) atoms. The van der Waals surface area contributed by atoms with E-state index in [-0.39, 0.29) is 0 Å². The third-order valence-corrected chi connectivity index (χ3v) is 2.66. The molecule has 0 unspecified atom stereocenters. The highest BCUT2D eigenvalue weighted by Gasteiger charge is 2.20. The van der Waals surface area contributed by atoms with E-state index >= 15 is 0 Å². The molecule has 0 aliphatic heterocycles. The van der Waals surface area contributed by atoms with Crippen molar-refractivity contribution < 1.29 is 19.3 Å². The Hall–Kier alpha value is -1.42. The maximum absolute atomic E-state index is 10.0. The van der Waals surface area contributed by atoms with E-state index in [0.29, 0.717) is 23.7 Å². The predicted octanol–water partition coefficient (Wildman–Crippen LogP) is 2.55. The minimum Gasteiger partial charge on any atom is -0.493 e. The Morgan fingerprint density at radius 2 is 1.71 bits per heavy atom. The number of ether oxygens (including phenoxy) is 3. The van der Waals surface area contributed by atoms with E-state index in [9.17, 15) is 5.11 Å². The number of aliphatic hydroxyl groups excluding tert-OH is 1. The Morgan fingerprint density at radius 1 is 1.06 bits per heavy atom. The van der Waals surface area contributed by atoms with Gasteiger partial charge >= 0.3 is 0 Å². The zero-order chi connectivity index (χ0) is 12.8. The van der Waals surface area contributed by atoms with Crippen LogP contribution in [0.5, 0.6) is 17.2 Å². The smallest absolute Gasteiger partial charge is 0.203 e. The summed E-state index contributed by atoms with van der Waals surface area (Å²) in [5, 5.41) is 10.0. The normalized spacial score (nSPS) is 12.1. The van der Waals surface area contributed by atoms with Crippen LogP contribution in [0.15, 0.2) is 12.1 Å². The third-order valence-electron chi connectivity index (χ3n) is 2.66. The van der Waals surface area contributed by atoms with Gasteiger partial charge in [0.15, 0.2) is 11.5 Å². The molecule has 0 heterocycles. The first-order valence-corrected chi connectivity index (χ1v) is 5.66. The summed E-state index contributed by atoms with van der Waals surface area (Å²) in [5.41, 5.74) is 0.729. The van der Waals surface area contributed by atoms with Gasteiger partial charge in [-0.05, 0) is 18.6 Å². The molecule has 0 aliphatic carbocycles. The van der Waals surface area contributed by atoms with Gasteiger partial charge in [0.1, 0.15) is 0 Å². The van der Waals surface area contributed by atoms with Crippen LogP contribution in [0, 0.1) is 0 Å². The molecule has 4 nitrogen and oxygen atoms in total. The molecule has 0 fully saturated rings. The second-order valence-electron chi connectivity index (χ2n) is 3.73. The summed E-state index contributed by atoms with van der Waals surface area (Å²) in [6.45, 7) is 2.02. The van der Waals surface area contributed by atoms with Gasteiger partial charge in [-0.1, -0.05) is 13.3 Å². The van der Waals surface area contributed by atoms with Crippen LogP contribution in [0.2, 0.25) is 0 Å². The SMILES string of the molecule is CCC[C@@H](O)c1ccc(OC)c(OC)c1OC. The summed E-state index contributed by atoms with van der Waals surface area (Å²) in [7, 11) is 4.68. The summed E-state index contributed by atoms with van der Waals surface area (Å²) in [4.78, 5) is 0. The van der Waals surface area contributed by atoms with E-state index < -0.39 is 6.10 Å². The number of methoxy groups -OCH3 is 3. The van der Waals surface area contributed by atoms with Gasteiger partial charge in [0.05, 0.1) is 27.4 Å². The molecule has 1 N–H and O–H groups in total. The first kappa shape index (κ1) is 13.6. The molecule has 1 aromatic carbocycles. The third kappa shape index (κ3) is 2.82. The number of aliphatic hydroxyl groups is 1. The van der Waals surface area contributed by atoms with Crippen molar-refractivity contribution in [1.82, 2.24) is 0 Å². The lowest BCUT2D eigenvalue weighted by atomic mass is 10.0. The van der Waals surface area contributed by atoms with Crippen LogP contribution in [0.4, 0.5) is 0 Å². The van der Waals surface area contributed by atoms with Crippen molar-refractivity contribution >= 4 is 0 Å². The second kappa shape index (κ2) is 6.35. The van der Waals surface area contributed by atoms with E-state index in [4.69, 9.17) is 14.2 Å². The summed E-state index contributed by atoms with van der Waals surface area (Å²) < 4.78 is 15.8. The monoisotopic (exact) mass is 240 g/mol. The molecule has 0 saturated carbocycles. The highest BCUT2D eigenvalue weighted by Crippen LogP contribution is 2.42. The molecule has 1 rings (SSSR count). The van der Waals surface area contributed by atoms with Gasteiger partial charge in [-0.25, -0.2) is 0 Å². The summed E-state index contributed by atoms with van der Waals surface area (Å²) in [6.07, 6.45) is 1.04. The van der Waals surface area contributed by atoms with E-state index in [2.05, 4.69) is 0 Å². The zero-order valence-electron chi connectivity index (χ0n) is 10.8. The Bertz CT molecular complexity index is 363. The first-order valence-electron chi connectivity index (χ1n) is 5.66. The van der Waals surface area contributed by atoms with Crippen molar-refractivity contribution in [2.75, 3.05) is 21.3 Å². The summed E-state index contributed by atoms with van der Waals surface area (Å²) >= 11 is 0.